The number of carbonyl (C=O) groups is 1. The third-order valence-corrected chi connectivity index (χ3v) is 3.43. The summed E-state index contributed by atoms with van der Waals surface area (Å²) in [6.45, 7) is 1.80. The number of fused-ring (bicyclic) bond motifs is 1. The van der Waals surface area contributed by atoms with Gasteiger partial charge in [-0.3, -0.25) is 4.79 Å². The van der Waals surface area contributed by atoms with Crippen molar-refractivity contribution in [3.8, 4) is 5.75 Å². The number of nitrogens with one attached hydrogen (secondary N) is 1. The van der Waals surface area contributed by atoms with E-state index in [4.69, 9.17) is 0 Å². The molecule has 0 saturated heterocycles. The first-order chi connectivity index (χ1) is 12.2. The summed E-state index contributed by atoms with van der Waals surface area (Å²) in [7, 11) is 0. The first kappa shape index (κ1) is 17.6. The largest absolute Gasteiger partial charge is 0.573 e. The van der Waals surface area contributed by atoms with Crippen LogP contribution in [-0.2, 0) is 6.54 Å². The SMILES string of the molecule is Cc1ccnn2nnc(CNC(=O)c3ccc(OC(F)(F)F)c(F)c3)c12. The van der Waals surface area contributed by atoms with Crippen molar-refractivity contribution in [3.05, 3.63) is 53.1 Å². The molecular weight excluding hydrogens is 358 g/mol. The van der Waals surface area contributed by atoms with Crippen LogP contribution >= 0.6 is 0 Å². The molecule has 0 radical (unpaired) electrons. The fraction of sp³-hybridized carbons (Fsp3) is 0.200. The molecule has 0 bridgehead atoms. The molecule has 1 amide bonds. The third-order valence-electron chi connectivity index (χ3n) is 3.43. The summed E-state index contributed by atoms with van der Waals surface area (Å²) in [4.78, 5) is 12.1. The van der Waals surface area contributed by atoms with Gasteiger partial charge in [-0.05, 0) is 42.0 Å². The fourth-order valence-corrected chi connectivity index (χ4v) is 2.29. The van der Waals surface area contributed by atoms with Crippen molar-refractivity contribution in [1.29, 1.82) is 0 Å². The molecule has 2 heterocycles. The van der Waals surface area contributed by atoms with Crippen LogP contribution in [0.5, 0.6) is 5.75 Å². The highest BCUT2D eigenvalue weighted by Crippen LogP contribution is 2.26. The minimum Gasteiger partial charge on any atom is -0.403 e. The van der Waals surface area contributed by atoms with Crippen molar-refractivity contribution in [3.63, 3.8) is 0 Å². The number of aryl methyl sites for hydroxylation is 1. The first-order valence-corrected chi connectivity index (χ1v) is 7.24. The summed E-state index contributed by atoms with van der Waals surface area (Å²) in [5.41, 5.74) is 1.74. The smallest absolute Gasteiger partial charge is 0.403 e. The van der Waals surface area contributed by atoms with Crippen molar-refractivity contribution < 1.29 is 27.1 Å². The Labute approximate surface area is 143 Å². The number of alkyl halides is 3. The molecule has 26 heavy (non-hydrogen) atoms. The van der Waals surface area contributed by atoms with Gasteiger partial charge in [-0.15, -0.1) is 22.9 Å². The molecule has 7 nitrogen and oxygen atoms in total. The van der Waals surface area contributed by atoms with E-state index >= 15 is 0 Å². The molecular formula is C15H11F4N5O2. The number of hydrogen-bond acceptors (Lipinski definition) is 5. The van der Waals surface area contributed by atoms with Gasteiger partial charge in [0.25, 0.3) is 5.91 Å². The molecule has 0 saturated carbocycles. The van der Waals surface area contributed by atoms with Crippen LogP contribution in [0.15, 0.2) is 30.5 Å². The molecule has 3 rings (SSSR count). The highest BCUT2D eigenvalue weighted by molar-refractivity contribution is 5.94. The second-order valence-electron chi connectivity index (χ2n) is 5.26. The lowest BCUT2D eigenvalue weighted by Gasteiger charge is -2.10. The molecule has 11 heteroatoms. The Hall–Kier alpha value is -3.24. The van der Waals surface area contributed by atoms with Crippen LogP contribution in [0.4, 0.5) is 17.6 Å². The van der Waals surface area contributed by atoms with E-state index in [1.165, 1.54) is 4.63 Å². The van der Waals surface area contributed by atoms with Gasteiger partial charge in [-0.1, -0.05) is 0 Å². The lowest BCUT2D eigenvalue weighted by molar-refractivity contribution is -0.275. The molecule has 0 aliphatic rings. The second-order valence-corrected chi connectivity index (χ2v) is 5.26. The summed E-state index contributed by atoms with van der Waals surface area (Å²) in [6.07, 6.45) is -3.47. The summed E-state index contributed by atoms with van der Waals surface area (Å²) in [5, 5.41) is 14.2. The fourth-order valence-electron chi connectivity index (χ4n) is 2.29. The molecule has 1 aromatic carbocycles. The molecule has 1 N–H and O–H groups in total. The maximum atomic E-state index is 13.7. The number of rotatable bonds is 4. The van der Waals surface area contributed by atoms with Crippen molar-refractivity contribution >= 4 is 11.4 Å². The lowest BCUT2D eigenvalue weighted by atomic mass is 10.2. The number of benzene rings is 1. The molecule has 0 unspecified atom stereocenters. The minimum absolute atomic E-state index is 0.0166. The Morgan fingerprint density at radius 2 is 2.08 bits per heavy atom. The Morgan fingerprint density at radius 1 is 1.31 bits per heavy atom. The topological polar surface area (TPSA) is 81.4 Å². The number of halogens is 4. The van der Waals surface area contributed by atoms with E-state index in [1.807, 2.05) is 6.92 Å². The maximum absolute atomic E-state index is 13.7. The Balaban J connectivity index is 1.73. The van der Waals surface area contributed by atoms with Crippen LogP contribution in [0.2, 0.25) is 0 Å². The van der Waals surface area contributed by atoms with Crippen molar-refractivity contribution in [2.75, 3.05) is 0 Å². The number of nitrogens with zero attached hydrogens (tertiary/aromatic N) is 4. The molecule has 136 valence electrons. The molecule has 0 spiro atoms. The summed E-state index contributed by atoms with van der Waals surface area (Å²) >= 11 is 0. The van der Waals surface area contributed by atoms with Crippen molar-refractivity contribution in [1.82, 2.24) is 25.4 Å². The third kappa shape index (κ3) is 3.71. The van der Waals surface area contributed by atoms with Crippen LogP contribution in [-0.4, -0.2) is 32.3 Å². The first-order valence-electron chi connectivity index (χ1n) is 7.24. The quantitative estimate of drug-likeness (QED) is 0.715. The van der Waals surface area contributed by atoms with E-state index in [0.717, 1.165) is 17.7 Å². The number of ether oxygens (including phenoxy) is 1. The minimum atomic E-state index is -5.02. The van der Waals surface area contributed by atoms with Gasteiger partial charge in [0.2, 0.25) is 0 Å². The number of amides is 1. The maximum Gasteiger partial charge on any atom is 0.573 e. The van der Waals surface area contributed by atoms with E-state index < -0.39 is 23.8 Å². The summed E-state index contributed by atoms with van der Waals surface area (Å²) < 4.78 is 54.9. The molecule has 2 aromatic heterocycles. The van der Waals surface area contributed by atoms with Crippen LogP contribution in [0.1, 0.15) is 21.6 Å². The van der Waals surface area contributed by atoms with Crippen molar-refractivity contribution in [2.45, 2.75) is 19.8 Å². The Bertz CT molecular complexity index is 970. The second kappa shape index (κ2) is 6.58. The average molecular weight is 369 g/mol. The van der Waals surface area contributed by atoms with Crippen molar-refractivity contribution in [2.24, 2.45) is 0 Å². The van der Waals surface area contributed by atoms with Crippen LogP contribution in [0, 0.1) is 12.7 Å². The van der Waals surface area contributed by atoms with Gasteiger partial charge in [-0.25, -0.2) is 4.39 Å². The number of hydrogen-bond donors (Lipinski definition) is 1. The zero-order valence-corrected chi connectivity index (χ0v) is 13.2. The molecule has 0 aliphatic heterocycles. The molecule has 0 atom stereocenters. The van der Waals surface area contributed by atoms with Gasteiger partial charge in [0.1, 0.15) is 11.2 Å². The predicted octanol–water partition coefficient (Wildman–Crippen LogP) is 2.40. The number of carbonyl (C=O) groups excluding carboxylic acids is 1. The monoisotopic (exact) mass is 369 g/mol. The standard InChI is InChI=1S/C15H11F4N5O2/c1-8-4-5-21-24-13(8)11(22-23-24)7-20-14(25)9-2-3-12(10(16)6-9)26-15(17,18)19/h2-6H,7H2,1H3,(H,20,25). The number of aromatic nitrogens is 4. The highest BCUT2D eigenvalue weighted by atomic mass is 19.4. The van der Waals surface area contributed by atoms with E-state index in [-0.39, 0.29) is 12.1 Å². The van der Waals surface area contributed by atoms with Gasteiger partial charge in [0, 0.05) is 11.8 Å². The zero-order chi connectivity index (χ0) is 18.9. The Morgan fingerprint density at radius 3 is 2.77 bits per heavy atom. The Kier molecular flexibility index (Phi) is 4.45. The lowest BCUT2D eigenvalue weighted by Crippen LogP contribution is -2.23. The van der Waals surface area contributed by atoms with Crippen LogP contribution in [0.3, 0.4) is 0 Å². The van der Waals surface area contributed by atoms with Gasteiger partial charge in [0.05, 0.1) is 6.54 Å². The normalized spacial score (nSPS) is 11.6. The van der Waals surface area contributed by atoms with Crippen LogP contribution in [0.25, 0.3) is 5.52 Å². The predicted molar refractivity (Wildman–Crippen MR) is 79.8 cm³/mol. The summed E-state index contributed by atoms with van der Waals surface area (Å²) in [5.74, 6) is -3.01. The van der Waals surface area contributed by atoms with Gasteiger partial charge in [0.15, 0.2) is 11.6 Å². The van der Waals surface area contributed by atoms with Gasteiger partial charge < -0.3 is 10.1 Å². The molecule has 0 aliphatic carbocycles. The summed E-state index contributed by atoms with van der Waals surface area (Å²) in [6, 6.07) is 4.17. The van der Waals surface area contributed by atoms with E-state index in [0.29, 0.717) is 17.3 Å². The zero-order valence-electron chi connectivity index (χ0n) is 13.2. The average Bonchev–Trinajstić information content (AvgIpc) is 2.98. The van der Waals surface area contributed by atoms with E-state index in [2.05, 4.69) is 25.5 Å². The molecule has 0 fully saturated rings. The van der Waals surface area contributed by atoms with E-state index in [9.17, 15) is 22.4 Å². The highest BCUT2D eigenvalue weighted by Gasteiger charge is 2.32. The molecule has 3 aromatic rings. The van der Waals surface area contributed by atoms with E-state index in [1.54, 1.807) is 12.3 Å². The van der Waals surface area contributed by atoms with Crippen LogP contribution < -0.4 is 10.1 Å². The van der Waals surface area contributed by atoms with Gasteiger partial charge >= 0.3 is 6.36 Å². The van der Waals surface area contributed by atoms with Gasteiger partial charge in [-0.2, -0.15) is 5.10 Å².